The first-order valence-electron chi connectivity index (χ1n) is 7.21. The summed E-state index contributed by atoms with van der Waals surface area (Å²) >= 11 is 0. The zero-order valence-electron chi connectivity index (χ0n) is 11.3. The number of nitrogens with zero attached hydrogens (tertiary/aromatic N) is 1. The zero-order valence-corrected chi connectivity index (χ0v) is 11.3. The van der Waals surface area contributed by atoms with Gasteiger partial charge in [-0.3, -0.25) is 4.79 Å². The molecule has 0 aromatic rings. The Morgan fingerprint density at radius 1 is 1.28 bits per heavy atom. The summed E-state index contributed by atoms with van der Waals surface area (Å²) in [7, 11) is 0. The van der Waals surface area contributed by atoms with Gasteiger partial charge in [0.1, 0.15) is 0 Å². The lowest BCUT2D eigenvalue weighted by Gasteiger charge is -2.37. The van der Waals surface area contributed by atoms with Gasteiger partial charge in [-0.2, -0.15) is 0 Å². The maximum atomic E-state index is 12.1. The molecule has 4 heteroatoms. The monoisotopic (exact) mass is 252 g/mol. The molecular formula is C14H24N2O2. The van der Waals surface area contributed by atoms with Crippen LogP contribution in [0, 0.1) is 10.8 Å². The molecule has 3 fully saturated rings. The molecular weight excluding hydrogens is 228 g/mol. The van der Waals surface area contributed by atoms with Gasteiger partial charge in [0, 0.05) is 18.5 Å². The predicted molar refractivity (Wildman–Crippen MR) is 69.3 cm³/mol. The summed E-state index contributed by atoms with van der Waals surface area (Å²) in [4.78, 5) is 14.6. The van der Waals surface area contributed by atoms with Crippen molar-refractivity contribution in [1.29, 1.82) is 0 Å². The van der Waals surface area contributed by atoms with Crippen LogP contribution in [0.15, 0.2) is 0 Å². The molecule has 0 bridgehead atoms. The molecule has 1 amide bonds. The number of amides is 1. The average molecular weight is 252 g/mol. The molecule has 2 aliphatic heterocycles. The predicted octanol–water partition coefficient (Wildman–Crippen LogP) is 1.02. The lowest BCUT2D eigenvalue weighted by Crippen LogP contribution is -2.53. The first-order chi connectivity index (χ1) is 8.62. The summed E-state index contributed by atoms with van der Waals surface area (Å²) < 4.78 is 5.15. The molecule has 0 unspecified atom stereocenters. The molecule has 3 aliphatic rings. The lowest BCUT2D eigenvalue weighted by molar-refractivity contribution is -0.157. The van der Waals surface area contributed by atoms with Crippen LogP contribution in [-0.4, -0.2) is 50.2 Å². The van der Waals surface area contributed by atoms with Crippen molar-refractivity contribution in [2.45, 2.75) is 32.6 Å². The largest absolute Gasteiger partial charge is 0.379 e. The van der Waals surface area contributed by atoms with Gasteiger partial charge in [-0.05, 0) is 45.7 Å². The standard InChI is InChI=1S/C14H24N2O2/c1-13(10-18-11-13)12(17)15-8-14(4-5-14)9-16-6-2-3-7-16/h2-11H2,1H3,(H,15,17). The number of hydrogen-bond acceptors (Lipinski definition) is 3. The van der Waals surface area contributed by atoms with E-state index in [0.29, 0.717) is 18.6 Å². The van der Waals surface area contributed by atoms with Crippen LogP contribution in [0.4, 0.5) is 0 Å². The van der Waals surface area contributed by atoms with Crippen molar-refractivity contribution in [3.63, 3.8) is 0 Å². The van der Waals surface area contributed by atoms with E-state index < -0.39 is 0 Å². The smallest absolute Gasteiger partial charge is 0.230 e. The van der Waals surface area contributed by atoms with Crippen molar-refractivity contribution >= 4 is 5.91 Å². The second kappa shape index (κ2) is 4.49. The van der Waals surface area contributed by atoms with Crippen LogP contribution in [0.2, 0.25) is 0 Å². The summed E-state index contributed by atoms with van der Waals surface area (Å²) in [5.74, 6) is 0.182. The molecule has 0 aromatic heterocycles. The molecule has 0 atom stereocenters. The van der Waals surface area contributed by atoms with E-state index in [-0.39, 0.29) is 11.3 Å². The Morgan fingerprint density at radius 3 is 2.44 bits per heavy atom. The fourth-order valence-corrected chi connectivity index (χ4v) is 3.00. The van der Waals surface area contributed by atoms with E-state index in [4.69, 9.17) is 4.74 Å². The molecule has 2 heterocycles. The second-order valence-corrected chi connectivity index (χ2v) is 6.72. The Bertz CT molecular complexity index is 329. The Morgan fingerprint density at radius 2 is 1.94 bits per heavy atom. The van der Waals surface area contributed by atoms with Crippen LogP contribution in [-0.2, 0) is 9.53 Å². The van der Waals surface area contributed by atoms with E-state index >= 15 is 0 Å². The van der Waals surface area contributed by atoms with Crippen LogP contribution < -0.4 is 5.32 Å². The van der Waals surface area contributed by atoms with Crippen LogP contribution >= 0.6 is 0 Å². The number of ether oxygens (including phenoxy) is 1. The van der Waals surface area contributed by atoms with Gasteiger partial charge in [-0.25, -0.2) is 0 Å². The minimum atomic E-state index is -0.260. The molecule has 1 aliphatic carbocycles. The molecule has 2 saturated heterocycles. The fourth-order valence-electron chi connectivity index (χ4n) is 3.00. The number of hydrogen-bond donors (Lipinski definition) is 1. The average Bonchev–Trinajstić information content (AvgIpc) is 2.88. The third-order valence-electron chi connectivity index (χ3n) is 4.73. The van der Waals surface area contributed by atoms with E-state index in [1.807, 2.05) is 6.92 Å². The van der Waals surface area contributed by atoms with Gasteiger partial charge in [0.15, 0.2) is 0 Å². The molecule has 18 heavy (non-hydrogen) atoms. The summed E-state index contributed by atoms with van der Waals surface area (Å²) in [6, 6.07) is 0. The Balaban J connectivity index is 1.45. The van der Waals surface area contributed by atoms with Crippen LogP contribution in [0.3, 0.4) is 0 Å². The first kappa shape index (κ1) is 12.4. The van der Waals surface area contributed by atoms with Crippen molar-refractivity contribution in [1.82, 2.24) is 10.2 Å². The van der Waals surface area contributed by atoms with Crippen LogP contribution in [0.25, 0.3) is 0 Å². The van der Waals surface area contributed by atoms with Crippen molar-refractivity contribution in [2.24, 2.45) is 10.8 Å². The second-order valence-electron chi connectivity index (χ2n) is 6.72. The third kappa shape index (κ3) is 2.41. The highest BCUT2D eigenvalue weighted by atomic mass is 16.5. The SMILES string of the molecule is CC1(C(=O)NCC2(CN3CCCC3)CC2)COC1. The molecule has 1 N–H and O–H groups in total. The molecule has 102 valence electrons. The van der Waals surface area contributed by atoms with E-state index in [1.54, 1.807) is 0 Å². The quantitative estimate of drug-likeness (QED) is 0.794. The molecule has 1 saturated carbocycles. The van der Waals surface area contributed by atoms with Crippen molar-refractivity contribution in [3.8, 4) is 0 Å². The first-order valence-corrected chi connectivity index (χ1v) is 7.21. The van der Waals surface area contributed by atoms with E-state index in [1.165, 1.54) is 45.3 Å². The third-order valence-corrected chi connectivity index (χ3v) is 4.73. The molecule has 0 spiro atoms. The summed E-state index contributed by atoms with van der Waals surface area (Å²) in [5, 5.41) is 3.16. The number of likely N-dealkylation sites (tertiary alicyclic amines) is 1. The van der Waals surface area contributed by atoms with Gasteiger partial charge >= 0.3 is 0 Å². The van der Waals surface area contributed by atoms with Crippen molar-refractivity contribution in [3.05, 3.63) is 0 Å². The minimum absolute atomic E-state index is 0.182. The molecule has 3 rings (SSSR count). The Kier molecular flexibility index (Phi) is 3.10. The van der Waals surface area contributed by atoms with Gasteiger partial charge in [0.25, 0.3) is 0 Å². The normalized spacial score (nSPS) is 28.7. The minimum Gasteiger partial charge on any atom is -0.379 e. The lowest BCUT2D eigenvalue weighted by atomic mass is 9.87. The van der Waals surface area contributed by atoms with E-state index in [2.05, 4.69) is 10.2 Å². The summed E-state index contributed by atoms with van der Waals surface area (Å²) in [6.45, 7) is 7.70. The Hall–Kier alpha value is -0.610. The summed E-state index contributed by atoms with van der Waals surface area (Å²) in [5.41, 5.74) is 0.130. The van der Waals surface area contributed by atoms with Crippen LogP contribution in [0.1, 0.15) is 32.6 Å². The highest BCUT2D eigenvalue weighted by Gasteiger charge is 2.46. The molecule has 4 nitrogen and oxygen atoms in total. The van der Waals surface area contributed by atoms with Gasteiger partial charge in [0.2, 0.25) is 5.91 Å². The molecule has 0 aromatic carbocycles. The van der Waals surface area contributed by atoms with E-state index in [0.717, 1.165) is 6.54 Å². The Labute approximate surface area is 109 Å². The summed E-state index contributed by atoms with van der Waals surface area (Å²) in [6.07, 6.45) is 5.24. The highest BCUT2D eigenvalue weighted by molar-refractivity contribution is 5.83. The zero-order chi connectivity index (χ0) is 12.6. The molecule has 0 radical (unpaired) electrons. The van der Waals surface area contributed by atoms with Crippen molar-refractivity contribution < 1.29 is 9.53 Å². The van der Waals surface area contributed by atoms with Crippen LogP contribution in [0.5, 0.6) is 0 Å². The number of carbonyl (C=O) groups is 1. The maximum absolute atomic E-state index is 12.1. The number of rotatable bonds is 5. The fraction of sp³-hybridized carbons (Fsp3) is 0.929. The topological polar surface area (TPSA) is 41.6 Å². The number of carbonyl (C=O) groups excluding carboxylic acids is 1. The van der Waals surface area contributed by atoms with Gasteiger partial charge < -0.3 is 15.0 Å². The number of nitrogens with one attached hydrogen (secondary N) is 1. The van der Waals surface area contributed by atoms with Gasteiger partial charge in [0.05, 0.1) is 18.6 Å². The maximum Gasteiger partial charge on any atom is 0.230 e. The van der Waals surface area contributed by atoms with Gasteiger partial charge in [-0.15, -0.1) is 0 Å². The highest BCUT2D eigenvalue weighted by Crippen LogP contribution is 2.46. The van der Waals surface area contributed by atoms with Gasteiger partial charge in [-0.1, -0.05) is 0 Å². The van der Waals surface area contributed by atoms with E-state index in [9.17, 15) is 4.79 Å². The van der Waals surface area contributed by atoms with Crippen molar-refractivity contribution in [2.75, 3.05) is 39.4 Å².